The normalized spacial score (nSPS) is 18.3. The van der Waals surface area contributed by atoms with Crippen molar-refractivity contribution in [3.05, 3.63) is 78.9 Å². The Morgan fingerprint density at radius 1 is 0.533 bits per heavy atom. The highest BCUT2D eigenvalue weighted by Crippen LogP contribution is 2.23. The Bertz CT molecular complexity index is 1140. The molecule has 1 aliphatic carbocycles. The molecular formula is C24H21N5O. The van der Waals surface area contributed by atoms with Crippen molar-refractivity contribution in [1.82, 2.24) is 0 Å². The molecule has 1 aliphatic rings. The third-order valence-corrected chi connectivity index (χ3v) is 4.65. The van der Waals surface area contributed by atoms with E-state index in [0.717, 1.165) is 17.1 Å². The first kappa shape index (κ1) is 19.3. The van der Waals surface area contributed by atoms with Crippen molar-refractivity contribution in [1.29, 1.82) is 0 Å². The quantitative estimate of drug-likeness (QED) is 0.620. The zero-order valence-electron chi connectivity index (χ0n) is 16.3. The van der Waals surface area contributed by atoms with Gasteiger partial charge in [-0.05, 0) is 60.7 Å². The molecule has 4 rings (SSSR count). The van der Waals surface area contributed by atoms with Crippen LogP contribution in [0.25, 0.3) is 0 Å². The van der Waals surface area contributed by atoms with Gasteiger partial charge in [0.25, 0.3) is 0 Å². The molecule has 0 saturated heterocycles. The van der Waals surface area contributed by atoms with Crippen molar-refractivity contribution in [3.8, 4) is 0 Å². The van der Waals surface area contributed by atoms with E-state index in [1.807, 2.05) is 42.5 Å². The minimum absolute atomic E-state index is 0.0576. The topological polar surface area (TPSA) is 106 Å². The molecular weight excluding hydrogens is 374 g/mol. The monoisotopic (exact) mass is 395 g/mol. The summed E-state index contributed by atoms with van der Waals surface area (Å²) in [6, 6.07) is 23.9. The van der Waals surface area contributed by atoms with Crippen LogP contribution in [0.1, 0.15) is 12.8 Å². The van der Waals surface area contributed by atoms with Crippen LogP contribution in [-0.4, -0.2) is 22.9 Å². The number of Topliss-reactive ketones (excluding diaryl/α,β-unsaturated/α-hetero) is 1. The Morgan fingerprint density at radius 3 is 1.50 bits per heavy atom. The molecule has 0 amide bonds. The molecule has 1 fully saturated rings. The highest BCUT2D eigenvalue weighted by molar-refractivity contribution is 6.62. The van der Waals surface area contributed by atoms with Crippen LogP contribution >= 0.6 is 0 Å². The van der Waals surface area contributed by atoms with Crippen molar-refractivity contribution in [3.63, 3.8) is 0 Å². The highest BCUT2D eigenvalue weighted by Gasteiger charge is 2.27. The van der Waals surface area contributed by atoms with Gasteiger partial charge in [0, 0.05) is 17.8 Å². The highest BCUT2D eigenvalue weighted by atomic mass is 16.1. The molecule has 1 saturated carbocycles. The van der Waals surface area contributed by atoms with Crippen molar-refractivity contribution in [2.75, 3.05) is 11.5 Å². The van der Waals surface area contributed by atoms with Crippen LogP contribution in [-0.2, 0) is 4.79 Å². The number of carbonyl (C=O) groups excluding carboxylic acids is 1. The first-order valence-corrected chi connectivity index (χ1v) is 9.59. The molecule has 0 bridgehead atoms. The fraction of sp³-hybridized carbons (Fsp3) is 0.0833. The van der Waals surface area contributed by atoms with E-state index in [1.165, 1.54) is 0 Å². The summed E-state index contributed by atoms with van der Waals surface area (Å²) in [5.74, 6) is -0.0576. The molecule has 30 heavy (non-hydrogen) atoms. The van der Waals surface area contributed by atoms with Gasteiger partial charge in [-0.15, -0.1) is 0 Å². The van der Waals surface area contributed by atoms with Gasteiger partial charge in [0.15, 0.2) is 5.78 Å². The van der Waals surface area contributed by atoms with E-state index in [2.05, 4.69) is 9.98 Å². The zero-order chi connectivity index (χ0) is 20.9. The number of benzene rings is 3. The number of nitrogen functional groups attached to an aromatic ring is 2. The number of carbonyl (C=O) groups is 1. The van der Waals surface area contributed by atoms with E-state index < -0.39 is 0 Å². The fourth-order valence-corrected chi connectivity index (χ4v) is 3.09. The van der Waals surface area contributed by atoms with E-state index in [4.69, 9.17) is 16.5 Å². The lowest BCUT2D eigenvalue weighted by molar-refractivity contribution is -0.112. The third-order valence-electron chi connectivity index (χ3n) is 4.65. The summed E-state index contributed by atoms with van der Waals surface area (Å²) >= 11 is 0. The summed E-state index contributed by atoms with van der Waals surface area (Å²) in [6.07, 6.45) is 0.454. The molecule has 4 N–H and O–H groups in total. The van der Waals surface area contributed by atoms with Gasteiger partial charge < -0.3 is 11.5 Å². The summed E-state index contributed by atoms with van der Waals surface area (Å²) in [7, 11) is 0. The third kappa shape index (κ3) is 4.67. The summed E-state index contributed by atoms with van der Waals surface area (Å²) in [4.78, 5) is 26.8. The number of nitrogens with zero attached hydrogens (tertiary/aromatic N) is 3. The van der Waals surface area contributed by atoms with Gasteiger partial charge in [0.1, 0.15) is 0 Å². The Kier molecular flexibility index (Phi) is 5.48. The maximum Gasteiger partial charge on any atom is 0.183 e. The van der Waals surface area contributed by atoms with Crippen molar-refractivity contribution < 1.29 is 4.79 Å². The summed E-state index contributed by atoms with van der Waals surface area (Å²) < 4.78 is 0. The number of hydrogen-bond donors (Lipinski definition) is 2. The van der Waals surface area contributed by atoms with Gasteiger partial charge in [0.2, 0.25) is 0 Å². The van der Waals surface area contributed by atoms with Crippen molar-refractivity contribution >= 4 is 51.4 Å². The number of nitrogens with two attached hydrogens (primary N) is 2. The second kappa shape index (κ2) is 8.53. The maximum absolute atomic E-state index is 12.8. The molecule has 0 atom stereocenters. The van der Waals surface area contributed by atoms with Gasteiger partial charge in [-0.25, -0.2) is 4.99 Å². The molecule has 0 aliphatic heterocycles. The first-order valence-electron chi connectivity index (χ1n) is 9.59. The van der Waals surface area contributed by atoms with E-state index in [9.17, 15) is 4.79 Å². The molecule has 0 aromatic heterocycles. The number of para-hydroxylation sites is 1. The fourth-order valence-electron chi connectivity index (χ4n) is 3.09. The Morgan fingerprint density at radius 2 is 0.967 bits per heavy atom. The average molecular weight is 395 g/mol. The molecule has 0 heterocycles. The molecule has 3 aromatic rings. The molecule has 6 nitrogen and oxygen atoms in total. The summed E-state index contributed by atoms with van der Waals surface area (Å²) in [6.45, 7) is 0. The summed E-state index contributed by atoms with van der Waals surface area (Å²) in [5, 5.41) is 0. The Hall–Kier alpha value is -4.06. The first-order chi connectivity index (χ1) is 14.6. The van der Waals surface area contributed by atoms with Gasteiger partial charge in [-0.1, -0.05) is 18.2 Å². The molecule has 0 radical (unpaired) electrons. The predicted octanol–water partition coefficient (Wildman–Crippen LogP) is 4.83. The number of rotatable bonds is 3. The molecule has 6 heteroatoms. The van der Waals surface area contributed by atoms with Crippen molar-refractivity contribution in [2.45, 2.75) is 12.8 Å². The van der Waals surface area contributed by atoms with Crippen LogP contribution in [0.15, 0.2) is 93.8 Å². The van der Waals surface area contributed by atoms with E-state index in [-0.39, 0.29) is 12.2 Å². The number of hydrogen-bond acceptors (Lipinski definition) is 6. The predicted molar refractivity (Wildman–Crippen MR) is 124 cm³/mol. The molecule has 0 unspecified atom stereocenters. The number of anilines is 2. The smallest absolute Gasteiger partial charge is 0.183 e. The standard InChI is InChI=1S/C24H21N5O/c25-16-6-10-19(11-7-16)28-21-14-23(29-20-12-8-17(26)9-13-20)24(30)15-22(21)27-18-4-2-1-3-5-18/h1-13H,14-15,25-26H2. The van der Waals surface area contributed by atoms with E-state index in [0.29, 0.717) is 34.9 Å². The van der Waals surface area contributed by atoms with E-state index >= 15 is 0 Å². The van der Waals surface area contributed by atoms with Crippen LogP contribution in [0.4, 0.5) is 28.4 Å². The minimum atomic E-state index is -0.0576. The van der Waals surface area contributed by atoms with Gasteiger partial charge >= 0.3 is 0 Å². The summed E-state index contributed by atoms with van der Waals surface area (Å²) in [5.41, 5.74) is 16.9. The van der Waals surface area contributed by atoms with Crippen LogP contribution in [0, 0.1) is 0 Å². The second-order valence-corrected chi connectivity index (χ2v) is 6.97. The average Bonchev–Trinajstić information content (AvgIpc) is 2.75. The number of aliphatic imine (C=N–C) groups is 3. The SMILES string of the molecule is Nc1ccc(N=C2CC(=Nc3ccc(N)cc3)C(=Nc3ccccc3)CC2=O)cc1. The number of ketones is 1. The second-order valence-electron chi connectivity index (χ2n) is 6.97. The van der Waals surface area contributed by atoms with Gasteiger partial charge in [-0.3, -0.25) is 14.8 Å². The van der Waals surface area contributed by atoms with Gasteiger partial charge in [0.05, 0.1) is 40.6 Å². The Labute approximate surface area is 174 Å². The molecule has 148 valence electrons. The Balaban J connectivity index is 1.73. The van der Waals surface area contributed by atoms with Crippen molar-refractivity contribution in [2.24, 2.45) is 15.0 Å². The lowest BCUT2D eigenvalue weighted by Crippen LogP contribution is -2.33. The van der Waals surface area contributed by atoms with Gasteiger partial charge in [-0.2, -0.15) is 0 Å². The lowest BCUT2D eigenvalue weighted by Gasteiger charge is -2.17. The van der Waals surface area contributed by atoms with Crippen LogP contribution in [0.5, 0.6) is 0 Å². The van der Waals surface area contributed by atoms with E-state index in [1.54, 1.807) is 36.4 Å². The maximum atomic E-state index is 12.8. The van der Waals surface area contributed by atoms with Crippen LogP contribution in [0.2, 0.25) is 0 Å². The zero-order valence-corrected chi connectivity index (χ0v) is 16.3. The van der Waals surface area contributed by atoms with Crippen LogP contribution < -0.4 is 11.5 Å². The molecule has 3 aromatic carbocycles. The minimum Gasteiger partial charge on any atom is -0.399 e. The largest absolute Gasteiger partial charge is 0.399 e. The van der Waals surface area contributed by atoms with Crippen LogP contribution in [0.3, 0.4) is 0 Å². The lowest BCUT2D eigenvalue weighted by atomic mass is 9.92. The molecule has 0 spiro atoms.